The summed E-state index contributed by atoms with van der Waals surface area (Å²) in [6.07, 6.45) is -4.76. The Labute approximate surface area is 175 Å². The van der Waals surface area contributed by atoms with E-state index in [1.807, 2.05) is 0 Å². The molecule has 0 radical (unpaired) electrons. The van der Waals surface area contributed by atoms with E-state index in [2.05, 4.69) is 31.7 Å². The van der Waals surface area contributed by atoms with E-state index < -0.39 is 12.3 Å². The fourth-order valence-electron chi connectivity index (χ4n) is 2.30. The Morgan fingerprint density at radius 1 is 1.10 bits per heavy atom. The van der Waals surface area contributed by atoms with Crippen LogP contribution in [0, 0.1) is 11.8 Å². The van der Waals surface area contributed by atoms with Crippen LogP contribution in [0.3, 0.4) is 0 Å². The van der Waals surface area contributed by atoms with E-state index in [0.29, 0.717) is 22.4 Å². The molecule has 2 aromatic carbocycles. The molecule has 0 aliphatic heterocycles. The molecule has 0 spiro atoms. The van der Waals surface area contributed by atoms with Gasteiger partial charge in [0.25, 0.3) is 0 Å². The summed E-state index contributed by atoms with van der Waals surface area (Å²) < 4.78 is 40.3. The van der Waals surface area contributed by atoms with E-state index >= 15 is 0 Å². The molecule has 1 N–H and O–H groups in total. The third-order valence-electron chi connectivity index (χ3n) is 3.55. The van der Waals surface area contributed by atoms with Crippen LogP contribution in [0.15, 0.2) is 58.8 Å². The van der Waals surface area contributed by atoms with Crippen LogP contribution in [-0.4, -0.2) is 36.0 Å². The summed E-state index contributed by atoms with van der Waals surface area (Å²) in [4.78, 5) is 21.2. The molecule has 0 fully saturated rings. The van der Waals surface area contributed by atoms with Gasteiger partial charge in [-0.2, -0.15) is 0 Å². The maximum Gasteiger partial charge on any atom is 0.573 e. The zero-order valence-corrected chi connectivity index (χ0v) is 16.4. The smallest absolute Gasteiger partial charge is 0.476 e. The lowest BCUT2D eigenvalue weighted by molar-refractivity contribution is -0.274. The van der Waals surface area contributed by atoms with Gasteiger partial charge in [0.1, 0.15) is 25.2 Å². The highest BCUT2D eigenvalue weighted by Crippen LogP contribution is 2.22. The highest BCUT2D eigenvalue weighted by atomic mass is 19.4. The van der Waals surface area contributed by atoms with Gasteiger partial charge in [0.05, 0.1) is 0 Å². The van der Waals surface area contributed by atoms with Crippen molar-refractivity contribution in [1.29, 1.82) is 0 Å². The van der Waals surface area contributed by atoms with Crippen LogP contribution in [-0.2, 0) is 21.1 Å². The zero-order valence-electron chi connectivity index (χ0n) is 16.4. The molecule has 31 heavy (non-hydrogen) atoms. The molecule has 2 aromatic rings. The summed E-state index contributed by atoms with van der Waals surface area (Å²) in [5.74, 6) is 3.83. The van der Waals surface area contributed by atoms with E-state index in [0.717, 1.165) is 12.1 Å². The molecule has 10 heteroatoms. The molecule has 0 atom stereocenters. The highest BCUT2D eigenvalue weighted by molar-refractivity contribution is 6.42. The van der Waals surface area contributed by atoms with Crippen LogP contribution in [0.1, 0.15) is 23.6 Å². The highest BCUT2D eigenvalue weighted by Gasteiger charge is 2.30. The molecule has 162 valence electrons. The molecular weight excluding hydrogens is 417 g/mol. The fourth-order valence-corrected chi connectivity index (χ4v) is 2.30. The average Bonchev–Trinajstić information content (AvgIpc) is 2.71. The van der Waals surface area contributed by atoms with E-state index in [1.165, 1.54) is 19.2 Å². The summed E-state index contributed by atoms with van der Waals surface area (Å²) >= 11 is 0. The fraction of sp³-hybridized carbons (Fsp3) is 0.190. The van der Waals surface area contributed by atoms with E-state index in [-0.39, 0.29) is 18.1 Å². The largest absolute Gasteiger partial charge is 0.573 e. The number of rotatable bonds is 7. The van der Waals surface area contributed by atoms with Gasteiger partial charge in [0, 0.05) is 16.7 Å². The minimum absolute atomic E-state index is 0.0469. The van der Waals surface area contributed by atoms with Crippen LogP contribution in [0.5, 0.6) is 5.75 Å². The van der Waals surface area contributed by atoms with E-state index in [9.17, 15) is 23.1 Å². The molecule has 0 aliphatic carbocycles. The van der Waals surface area contributed by atoms with Crippen molar-refractivity contribution in [3.8, 4) is 17.6 Å². The second kappa shape index (κ2) is 10.7. The summed E-state index contributed by atoms with van der Waals surface area (Å²) in [5.41, 5.74) is 1.32. The molecule has 2 rings (SSSR count). The first kappa shape index (κ1) is 23.3. The number of alkyl halides is 3. The SMILES string of the molecule is CO/N=C(/C(=O)O)c1ccccc1CO/N=C(\C)C#Cc1ccc(OC(F)(F)F)cc1. The van der Waals surface area contributed by atoms with Crippen molar-refractivity contribution in [2.75, 3.05) is 7.11 Å². The summed E-state index contributed by atoms with van der Waals surface area (Å²) in [6.45, 7) is 1.53. The molecule has 0 amide bonds. The molecule has 0 aromatic heterocycles. The second-order valence-corrected chi connectivity index (χ2v) is 5.86. The van der Waals surface area contributed by atoms with Crippen LogP contribution >= 0.6 is 0 Å². The Kier molecular flexibility index (Phi) is 8.02. The monoisotopic (exact) mass is 434 g/mol. The Hall–Kier alpha value is -4.00. The lowest BCUT2D eigenvalue weighted by Gasteiger charge is -2.08. The number of benzene rings is 2. The van der Waals surface area contributed by atoms with Crippen LogP contribution in [0.2, 0.25) is 0 Å². The normalized spacial score (nSPS) is 11.9. The van der Waals surface area contributed by atoms with Gasteiger partial charge >= 0.3 is 12.3 Å². The number of oxime groups is 2. The Balaban J connectivity index is 2.04. The topological polar surface area (TPSA) is 89.7 Å². The number of ether oxygens (including phenoxy) is 1. The van der Waals surface area contributed by atoms with Crippen LogP contribution < -0.4 is 4.74 Å². The molecule has 0 heterocycles. The number of aliphatic carboxylic acids is 1. The molecule has 0 aliphatic rings. The maximum atomic E-state index is 12.2. The minimum atomic E-state index is -4.76. The number of hydrogen-bond acceptors (Lipinski definition) is 6. The van der Waals surface area contributed by atoms with Crippen LogP contribution in [0.4, 0.5) is 13.2 Å². The Morgan fingerprint density at radius 3 is 2.39 bits per heavy atom. The Morgan fingerprint density at radius 2 is 1.77 bits per heavy atom. The summed E-state index contributed by atoms with van der Waals surface area (Å²) in [5, 5.41) is 16.6. The van der Waals surface area contributed by atoms with E-state index in [1.54, 1.807) is 31.2 Å². The predicted octanol–water partition coefficient (Wildman–Crippen LogP) is 3.96. The van der Waals surface area contributed by atoms with Crippen LogP contribution in [0.25, 0.3) is 0 Å². The minimum Gasteiger partial charge on any atom is -0.476 e. The third-order valence-corrected chi connectivity index (χ3v) is 3.55. The maximum absolute atomic E-state index is 12.2. The average molecular weight is 434 g/mol. The first-order valence-corrected chi connectivity index (χ1v) is 8.66. The summed E-state index contributed by atoms with van der Waals surface area (Å²) in [6, 6.07) is 11.6. The van der Waals surface area contributed by atoms with Gasteiger partial charge < -0.3 is 19.5 Å². The van der Waals surface area contributed by atoms with Crippen molar-refractivity contribution >= 4 is 17.4 Å². The van der Waals surface area contributed by atoms with Crippen molar-refractivity contribution in [2.24, 2.45) is 10.3 Å². The van der Waals surface area contributed by atoms with Crippen molar-refractivity contribution < 1.29 is 37.5 Å². The number of carbonyl (C=O) groups is 1. The van der Waals surface area contributed by atoms with Gasteiger partial charge in [-0.3, -0.25) is 0 Å². The van der Waals surface area contributed by atoms with Crippen molar-refractivity contribution in [2.45, 2.75) is 19.9 Å². The standard InChI is InChI=1S/C21H17F3N2O5/c1-14(7-8-15-9-11-17(12-10-15)31-21(22,23)24)25-30-13-16-5-3-4-6-18(16)19(20(27)28)26-29-2/h3-6,9-12H,13H2,1-2H3,(H,27,28)/b25-14+,26-19+. The molecule has 0 saturated heterocycles. The predicted molar refractivity (Wildman–Crippen MR) is 106 cm³/mol. The molecule has 7 nitrogen and oxygen atoms in total. The first-order valence-electron chi connectivity index (χ1n) is 8.66. The second-order valence-electron chi connectivity index (χ2n) is 5.86. The third kappa shape index (κ3) is 7.74. The van der Waals surface area contributed by atoms with Gasteiger partial charge in [-0.25, -0.2) is 4.79 Å². The number of carboxylic acid groups (broad SMARTS) is 1. The number of halogens is 3. The Bertz CT molecular complexity index is 1040. The van der Waals surface area contributed by atoms with Crippen molar-refractivity contribution in [3.05, 3.63) is 65.2 Å². The number of hydrogen-bond donors (Lipinski definition) is 1. The molecule has 0 saturated carbocycles. The van der Waals surface area contributed by atoms with E-state index in [4.69, 9.17) is 4.84 Å². The first-order chi connectivity index (χ1) is 14.7. The van der Waals surface area contributed by atoms with Gasteiger partial charge in [0.15, 0.2) is 5.71 Å². The molecule has 0 bridgehead atoms. The zero-order chi connectivity index (χ0) is 22.9. The number of nitrogens with zero attached hydrogens (tertiary/aromatic N) is 2. The van der Waals surface area contributed by atoms with Gasteiger partial charge in [-0.15, -0.1) is 13.2 Å². The van der Waals surface area contributed by atoms with Gasteiger partial charge in [-0.1, -0.05) is 40.5 Å². The van der Waals surface area contributed by atoms with Crippen molar-refractivity contribution in [1.82, 2.24) is 0 Å². The summed E-state index contributed by atoms with van der Waals surface area (Å²) in [7, 11) is 1.24. The number of carboxylic acids is 1. The van der Waals surface area contributed by atoms with Gasteiger partial charge in [0.2, 0.25) is 0 Å². The molecular formula is C21H17F3N2O5. The molecule has 0 unspecified atom stereocenters. The lowest BCUT2D eigenvalue weighted by atomic mass is 10.0. The lowest BCUT2D eigenvalue weighted by Crippen LogP contribution is -2.17. The van der Waals surface area contributed by atoms with Crippen molar-refractivity contribution in [3.63, 3.8) is 0 Å². The van der Waals surface area contributed by atoms with Gasteiger partial charge in [-0.05, 0) is 37.1 Å². The quantitative estimate of drug-likeness (QED) is 0.405.